The van der Waals surface area contributed by atoms with E-state index in [2.05, 4.69) is 207 Å². The van der Waals surface area contributed by atoms with Crippen LogP contribution in [0.4, 0.5) is 0 Å². The van der Waals surface area contributed by atoms with Gasteiger partial charge in [0.05, 0.1) is 11.0 Å². The van der Waals surface area contributed by atoms with E-state index in [1.807, 2.05) is 18.2 Å². The molecule has 13 rings (SSSR count). The van der Waals surface area contributed by atoms with Gasteiger partial charge in [-0.2, -0.15) is 9.97 Å². The molecule has 2 aromatic heterocycles. The number of hydrogen-bond acceptors (Lipinski definition) is 3. The average Bonchev–Trinajstić information content (AvgIpc) is 3.77. The van der Waals surface area contributed by atoms with Crippen molar-refractivity contribution < 1.29 is 0 Å². The van der Waals surface area contributed by atoms with E-state index in [-0.39, 0.29) is 0 Å². The van der Waals surface area contributed by atoms with Crippen LogP contribution in [0.3, 0.4) is 0 Å². The fourth-order valence-corrected chi connectivity index (χ4v) is 10.8. The van der Waals surface area contributed by atoms with Gasteiger partial charge in [0.15, 0.2) is 11.6 Å². The highest BCUT2D eigenvalue weighted by molar-refractivity contribution is 6.10. The van der Waals surface area contributed by atoms with Crippen LogP contribution in [0.1, 0.15) is 79.3 Å². The molecule has 3 aliphatic carbocycles. The first kappa shape index (κ1) is 43.1. The number of allylic oxidation sites excluding steroid dienone is 6. The van der Waals surface area contributed by atoms with E-state index in [9.17, 15) is 0 Å². The number of aromatic nitrogens is 4. The Morgan fingerprint density at radius 2 is 0.971 bits per heavy atom. The summed E-state index contributed by atoms with van der Waals surface area (Å²) < 4.78 is 2.20. The molecule has 10 aromatic rings. The highest BCUT2D eigenvalue weighted by atomic mass is 15.2. The van der Waals surface area contributed by atoms with Gasteiger partial charge in [0.1, 0.15) is 0 Å². The van der Waals surface area contributed by atoms with Gasteiger partial charge in [-0.05, 0) is 146 Å². The molecule has 0 radical (unpaired) electrons. The van der Waals surface area contributed by atoms with Crippen LogP contribution in [0.2, 0.25) is 0 Å². The summed E-state index contributed by atoms with van der Waals surface area (Å²) in [6.07, 6.45) is 21.8. The van der Waals surface area contributed by atoms with Crippen molar-refractivity contribution in [3.8, 4) is 51.0 Å². The second-order valence-electron chi connectivity index (χ2n) is 18.8. The lowest BCUT2D eigenvalue weighted by Gasteiger charge is -2.26. The highest BCUT2D eigenvalue weighted by Gasteiger charge is 2.23. The van der Waals surface area contributed by atoms with Gasteiger partial charge >= 0.3 is 0 Å². The van der Waals surface area contributed by atoms with Gasteiger partial charge in [-0.15, -0.1) is 0 Å². The normalized spacial score (nSPS) is 13.9. The molecular formula is C66H54N4. The summed E-state index contributed by atoms with van der Waals surface area (Å²) in [7, 11) is 0. The van der Waals surface area contributed by atoms with E-state index in [1.165, 1.54) is 67.3 Å². The minimum Gasteiger partial charge on any atom is -0.278 e. The van der Waals surface area contributed by atoms with Gasteiger partial charge in [0.25, 0.3) is 0 Å². The second kappa shape index (κ2) is 18.7. The van der Waals surface area contributed by atoms with E-state index in [0.29, 0.717) is 17.6 Å². The topological polar surface area (TPSA) is 43.6 Å². The molecule has 70 heavy (non-hydrogen) atoms. The Hall–Kier alpha value is -8.21. The number of fused-ring (bicyclic) bond motifs is 9. The van der Waals surface area contributed by atoms with Crippen molar-refractivity contribution in [3.63, 3.8) is 0 Å². The Bertz CT molecular complexity index is 3750. The van der Waals surface area contributed by atoms with Crippen molar-refractivity contribution >= 4 is 55.9 Å². The van der Waals surface area contributed by atoms with Crippen molar-refractivity contribution in [1.29, 1.82) is 0 Å². The predicted molar refractivity (Wildman–Crippen MR) is 296 cm³/mol. The number of para-hydroxylation sites is 1. The van der Waals surface area contributed by atoms with Crippen LogP contribution in [0.15, 0.2) is 194 Å². The zero-order valence-corrected chi connectivity index (χ0v) is 39.9. The quantitative estimate of drug-likeness (QED) is 0.160. The molecule has 0 amide bonds. The molecule has 0 saturated heterocycles. The molecule has 338 valence electrons. The zero-order chi connectivity index (χ0) is 47.0. The van der Waals surface area contributed by atoms with Crippen LogP contribution < -0.4 is 0 Å². The second-order valence-corrected chi connectivity index (χ2v) is 18.8. The van der Waals surface area contributed by atoms with E-state index in [0.717, 1.165) is 77.0 Å². The lowest BCUT2D eigenvalue weighted by Crippen LogP contribution is -2.08. The first-order valence-corrected chi connectivity index (χ1v) is 25.1. The van der Waals surface area contributed by atoms with Crippen molar-refractivity contribution in [1.82, 2.24) is 19.5 Å². The maximum absolute atomic E-state index is 5.23. The van der Waals surface area contributed by atoms with Crippen LogP contribution >= 0.6 is 0 Å². The monoisotopic (exact) mass is 902 g/mol. The van der Waals surface area contributed by atoms with E-state index in [1.54, 1.807) is 11.1 Å². The number of hydrogen-bond donors (Lipinski definition) is 0. The molecule has 3 aliphatic rings. The third-order valence-electron chi connectivity index (χ3n) is 14.1. The minimum atomic E-state index is 0.591. The highest BCUT2D eigenvalue weighted by Crippen LogP contribution is 2.42. The smallest absolute Gasteiger partial charge is 0.238 e. The molecule has 2 heterocycles. The van der Waals surface area contributed by atoms with Gasteiger partial charge in [-0.1, -0.05) is 196 Å². The Morgan fingerprint density at radius 1 is 0.414 bits per heavy atom. The molecule has 0 unspecified atom stereocenters. The summed E-state index contributed by atoms with van der Waals surface area (Å²) in [4.78, 5) is 15.5. The molecule has 0 fully saturated rings. The van der Waals surface area contributed by atoms with Crippen LogP contribution in [-0.2, 0) is 12.8 Å². The van der Waals surface area contributed by atoms with Crippen LogP contribution in [0.5, 0.6) is 0 Å². The molecule has 0 aliphatic heterocycles. The molecule has 0 bridgehead atoms. The van der Waals surface area contributed by atoms with Crippen molar-refractivity contribution in [2.45, 2.75) is 58.8 Å². The summed E-state index contributed by atoms with van der Waals surface area (Å²) in [5.74, 6) is 1.87. The summed E-state index contributed by atoms with van der Waals surface area (Å²) in [5, 5.41) is 5.04. The Balaban J connectivity index is 0.00000164. The lowest BCUT2D eigenvalue weighted by molar-refractivity contribution is 0.918. The van der Waals surface area contributed by atoms with E-state index >= 15 is 0 Å². The third-order valence-corrected chi connectivity index (χ3v) is 14.1. The van der Waals surface area contributed by atoms with Gasteiger partial charge in [0.2, 0.25) is 5.95 Å². The first-order chi connectivity index (χ1) is 34.6. The van der Waals surface area contributed by atoms with Crippen LogP contribution in [0, 0.1) is 0 Å². The number of nitrogens with zero attached hydrogens (tertiary/aromatic N) is 4. The van der Waals surface area contributed by atoms with Crippen LogP contribution in [0.25, 0.3) is 107 Å². The fraction of sp³-hybridized carbons (Fsp3) is 0.136. The van der Waals surface area contributed by atoms with Crippen LogP contribution in [-0.4, -0.2) is 19.5 Å². The molecule has 4 nitrogen and oxygen atoms in total. The Kier molecular flexibility index (Phi) is 11.5. The summed E-state index contributed by atoms with van der Waals surface area (Å²) in [5.41, 5.74) is 19.9. The minimum absolute atomic E-state index is 0.591. The third kappa shape index (κ3) is 7.99. The molecule has 0 atom stereocenters. The number of rotatable bonds is 7. The molecule has 0 N–H and O–H groups in total. The SMILES string of the molecule is C1=CC(c2ccc(-c3nc(-c4ccccc4)nc(-n4c5ccccc5c5cc(-c6cccc(-c7cccc(C8=Cc9c(c%10c(c%11ccccc9%11)C=CCC%10)CC8)c7)c6)ccc54)n3)cc2)=CCC1.CCC. The zero-order valence-electron chi connectivity index (χ0n) is 39.9. The van der Waals surface area contributed by atoms with Crippen molar-refractivity contribution in [3.05, 3.63) is 228 Å². The maximum atomic E-state index is 5.23. The molecule has 0 spiro atoms. The molecule has 8 aromatic carbocycles. The van der Waals surface area contributed by atoms with Gasteiger partial charge < -0.3 is 0 Å². The Labute approximate surface area is 410 Å². The fourth-order valence-electron chi connectivity index (χ4n) is 10.8. The average molecular weight is 903 g/mol. The van der Waals surface area contributed by atoms with Gasteiger partial charge in [0, 0.05) is 21.9 Å². The van der Waals surface area contributed by atoms with Gasteiger partial charge in [-0.3, -0.25) is 4.57 Å². The first-order valence-electron chi connectivity index (χ1n) is 25.1. The van der Waals surface area contributed by atoms with E-state index in [4.69, 9.17) is 15.0 Å². The summed E-state index contributed by atoms with van der Waals surface area (Å²) in [6, 6.07) is 61.4. The van der Waals surface area contributed by atoms with Crippen molar-refractivity contribution in [2.75, 3.05) is 0 Å². The molecule has 0 saturated carbocycles. The lowest BCUT2D eigenvalue weighted by atomic mass is 9.78. The number of benzene rings is 8. The molecule has 4 heteroatoms. The standard InChI is InChI=1S/C63H46N4.C3H8/c1-3-15-41(16-4-1)42-29-31-44(32-30-42)62-64-61(43-17-5-2-6-18-43)65-63(66-62)67-59-28-12-11-27-56(59)58-40-50(34-36-60(58)67)48-22-14-20-46(38-48)45-19-13-21-47(37-45)49-33-35-55-53-25-8-7-23-51(53)52-24-9-10-26-54(52)57(55)39-49;1-3-2/h2-3,5-7,9-24,26-32,34,36-40H,1,4,8,25,33,35H2;3H2,1-2H3. The van der Waals surface area contributed by atoms with E-state index < -0.39 is 0 Å². The predicted octanol–water partition coefficient (Wildman–Crippen LogP) is 17.4. The summed E-state index contributed by atoms with van der Waals surface area (Å²) in [6.45, 7) is 4.25. The van der Waals surface area contributed by atoms with Crippen molar-refractivity contribution in [2.24, 2.45) is 0 Å². The Morgan fingerprint density at radius 3 is 1.70 bits per heavy atom. The van der Waals surface area contributed by atoms with Gasteiger partial charge in [-0.25, -0.2) is 4.98 Å². The summed E-state index contributed by atoms with van der Waals surface area (Å²) >= 11 is 0. The molecular weight excluding hydrogens is 849 g/mol. The largest absolute Gasteiger partial charge is 0.278 e. The maximum Gasteiger partial charge on any atom is 0.238 e.